The van der Waals surface area contributed by atoms with Gasteiger partial charge in [0.05, 0.1) is 0 Å². The number of allylic oxidation sites excluding steroid dienone is 6. The molecule has 0 heterocycles. The third kappa shape index (κ3) is 1.87. The molecule has 0 amide bonds. The Balaban J connectivity index is 2.69. The van der Waals surface area contributed by atoms with Gasteiger partial charge in [-0.3, -0.25) is 0 Å². The molecule has 0 aliphatic heterocycles. The zero-order valence-corrected chi connectivity index (χ0v) is 6.67. The van der Waals surface area contributed by atoms with E-state index in [2.05, 4.69) is 44.2 Å². The maximum atomic E-state index is 2.28. The van der Waals surface area contributed by atoms with Gasteiger partial charge in [-0.05, 0) is 17.9 Å². The first-order valence-electron chi connectivity index (χ1n) is 3.84. The van der Waals surface area contributed by atoms with E-state index in [1.54, 1.807) is 0 Å². The van der Waals surface area contributed by atoms with Crippen LogP contribution in [0, 0.1) is 5.92 Å². The average Bonchev–Trinajstić information content (AvgIpc) is 2.12. The zero-order valence-electron chi connectivity index (χ0n) is 6.67. The van der Waals surface area contributed by atoms with Gasteiger partial charge >= 0.3 is 0 Å². The Kier molecular flexibility index (Phi) is 2.49. The number of rotatable bonds is 1. The highest BCUT2D eigenvalue weighted by molar-refractivity contribution is 5.27. The zero-order chi connectivity index (χ0) is 7.40. The van der Waals surface area contributed by atoms with Gasteiger partial charge in [0.15, 0.2) is 0 Å². The largest absolute Gasteiger partial charge is 0.0807 e. The average molecular weight is 134 g/mol. The molecule has 0 radical (unpaired) electrons. The third-order valence-corrected chi connectivity index (χ3v) is 1.69. The van der Waals surface area contributed by atoms with Crippen molar-refractivity contribution >= 4 is 0 Å². The predicted molar refractivity (Wildman–Crippen MR) is 45.8 cm³/mol. The summed E-state index contributed by atoms with van der Waals surface area (Å²) < 4.78 is 0. The van der Waals surface area contributed by atoms with Crippen LogP contribution in [-0.2, 0) is 0 Å². The number of hydrogen-bond donors (Lipinski definition) is 0. The maximum absolute atomic E-state index is 2.28. The van der Waals surface area contributed by atoms with E-state index >= 15 is 0 Å². The van der Waals surface area contributed by atoms with Crippen LogP contribution in [0.5, 0.6) is 0 Å². The van der Waals surface area contributed by atoms with E-state index in [9.17, 15) is 0 Å². The molecule has 0 fully saturated rings. The van der Waals surface area contributed by atoms with Crippen molar-refractivity contribution in [2.24, 2.45) is 5.92 Å². The summed E-state index contributed by atoms with van der Waals surface area (Å²) in [6.45, 7) is 4.45. The standard InChI is InChI=1S/C10H14/c1-9(2)10-7-5-3-4-6-8-10/h3-5,7-9H,6H2,1-2H3. The molecule has 0 saturated heterocycles. The molecule has 0 spiro atoms. The van der Waals surface area contributed by atoms with Gasteiger partial charge in [-0.2, -0.15) is 0 Å². The van der Waals surface area contributed by atoms with Crippen molar-refractivity contribution < 1.29 is 0 Å². The molecule has 0 heteroatoms. The monoisotopic (exact) mass is 134 g/mol. The Bertz CT molecular complexity index is 180. The van der Waals surface area contributed by atoms with Gasteiger partial charge in [0, 0.05) is 0 Å². The molecule has 0 unspecified atom stereocenters. The van der Waals surface area contributed by atoms with Gasteiger partial charge in [-0.25, -0.2) is 0 Å². The lowest BCUT2D eigenvalue weighted by atomic mass is 10.0. The fourth-order valence-corrected chi connectivity index (χ4v) is 1.02. The summed E-state index contributed by atoms with van der Waals surface area (Å²) in [5, 5.41) is 0. The molecule has 1 aliphatic carbocycles. The molecule has 10 heavy (non-hydrogen) atoms. The Morgan fingerprint density at radius 3 is 2.80 bits per heavy atom. The molecule has 0 nitrogen and oxygen atoms in total. The minimum absolute atomic E-state index is 0.663. The minimum atomic E-state index is 0.663. The molecule has 54 valence electrons. The second-order valence-electron chi connectivity index (χ2n) is 2.88. The van der Waals surface area contributed by atoms with Gasteiger partial charge in [-0.1, -0.05) is 44.2 Å². The summed E-state index contributed by atoms with van der Waals surface area (Å²) in [5.74, 6) is 0.663. The highest BCUT2D eigenvalue weighted by atomic mass is 14.0. The SMILES string of the molecule is CC(C)C1=CCC=CC=C1. The van der Waals surface area contributed by atoms with Gasteiger partial charge in [0.2, 0.25) is 0 Å². The van der Waals surface area contributed by atoms with Gasteiger partial charge in [0.1, 0.15) is 0 Å². The predicted octanol–water partition coefficient (Wildman–Crippen LogP) is 3.08. The Hall–Kier alpha value is -0.780. The van der Waals surface area contributed by atoms with Crippen LogP contribution in [-0.4, -0.2) is 0 Å². The molecule has 0 atom stereocenters. The van der Waals surface area contributed by atoms with Crippen LogP contribution >= 0.6 is 0 Å². The quantitative estimate of drug-likeness (QED) is 0.517. The van der Waals surface area contributed by atoms with Crippen molar-refractivity contribution in [3.63, 3.8) is 0 Å². The number of hydrogen-bond acceptors (Lipinski definition) is 0. The first-order chi connectivity index (χ1) is 4.80. The molecule has 0 aromatic carbocycles. The molecule has 0 saturated carbocycles. The summed E-state index contributed by atoms with van der Waals surface area (Å²) in [6, 6.07) is 0. The smallest absolute Gasteiger partial charge is 0.0160 e. The topological polar surface area (TPSA) is 0 Å². The normalized spacial score (nSPS) is 17.3. The Labute approximate surface area is 62.9 Å². The van der Waals surface area contributed by atoms with Gasteiger partial charge in [0.25, 0.3) is 0 Å². The lowest BCUT2D eigenvalue weighted by Crippen LogP contribution is -1.88. The molecule has 1 aliphatic rings. The van der Waals surface area contributed by atoms with Crippen LogP contribution in [0.4, 0.5) is 0 Å². The fourth-order valence-electron chi connectivity index (χ4n) is 1.02. The molecule has 0 N–H and O–H groups in total. The lowest BCUT2D eigenvalue weighted by Gasteiger charge is -2.03. The molecular formula is C10H14. The van der Waals surface area contributed by atoms with E-state index in [1.807, 2.05) is 0 Å². The molecular weight excluding hydrogens is 120 g/mol. The summed E-state index contributed by atoms with van der Waals surface area (Å²) in [5.41, 5.74) is 1.45. The Morgan fingerprint density at radius 2 is 2.10 bits per heavy atom. The summed E-state index contributed by atoms with van der Waals surface area (Å²) in [6.07, 6.45) is 11.9. The van der Waals surface area contributed by atoms with Crippen molar-refractivity contribution in [1.29, 1.82) is 0 Å². The second kappa shape index (κ2) is 3.40. The van der Waals surface area contributed by atoms with Crippen molar-refractivity contribution in [2.45, 2.75) is 20.3 Å². The summed E-state index contributed by atoms with van der Waals surface area (Å²) in [7, 11) is 0. The first kappa shape index (κ1) is 7.33. The van der Waals surface area contributed by atoms with Crippen LogP contribution in [0.25, 0.3) is 0 Å². The first-order valence-corrected chi connectivity index (χ1v) is 3.84. The van der Waals surface area contributed by atoms with Gasteiger partial charge < -0.3 is 0 Å². The van der Waals surface area contributed by atoms with E-state index < -0.39 is 0 Å². The molecule has 0 aromatic rings. The molecule has 0 aromatic heterocycles. The van der Waals surface area contributed by atoms with Crippen molar-refractivity contribution in [3.8, 4) is 0 Å². The van der Waals surface area contributed by atoms with Crippen molar-refractivity contribution in [1.82, 2.24) is 0 Å². The Morgan fingerprint density at radius 1 is 1.30 bits per heavy atom. The van der Waals surface area contributed by atoms with Crippen molar-refractivity contribution in [3.05, 3.63) is 36.0 Å². The third-order valence-electron chi connectivity index (χ3n) is 1.69. The highest BCUT2D eigenvalue weighted by Gasteiger charge is 1.97. The van der Waals surface area contributed by atoms with Crippen LogP contribution in [0.3, 0.4) is 0 Å². The maximum Gasteiger partial charge on any atom is -0.0160 e. The van der Waals surface area contributed by atoms with E-state index in [-0.39, 0.29) is 0 Å². The molecule has 1 rings (SSSR count). The minimum Gasteiger partial charge on any atom is -0.0807 e. The van der Waals surface area contributed by atoms with Crippen LogP contribution < -0.4 is 0 Å². The second-order valence-corrected chi connectivity index (χ2v) is 2.88. The summed E-state index contributed by atoms with van der Waals surface area (Å²) in [4.78, 5) is 0. The van der Waals surface area contributed by atoms with Crippen molar-refractivity contribution in [2.75, 3.05) is 0 Å². The lowest BCUT2D eigenvalue weighted by molar-refractivity contribution is 0.788. The molecule has 0 bridgehead atoms. The van der Waals surface area contributed by atoms with E-state index in [1.165, 1.54) is 5.57 Å². The summed E-state index contributed by atoms with van der Waals surface area (Å²) >= 11 is 0. The van der Waals surface area contributed by atoms with E-state index in [0.29, 0.717) is 5.92 Å². The van der Waals surface area contributed by atoms with E-state index in [4.69, 9.17) is 0 Å². The van der Waals surface area contributed by atoms with Gasteiger partial charge in [-0.15, -0.1) is 0 Å². The van der Waals surface area contributed by atoms with Crippen LogP contribution in [0.2, 0.25) is 0 Å². The van der Waals surface area contributed by atoms with Crippen LogP contribution in [0.1, 0.15) is 20.3 Å². The van der Waals surface area contributed by atoms with Crippen LogP contribution in [0.15, 0.2) is 36.0 Å². The van der Waals surface area contributed by atoms with E-state index in [0.717, 1.165) is 6.42 Å². The fraction of sp³-hybridized carbons (Fsp3) is 0.400. The highest BCUT2D eigenvalue weighted by Crippen LogP contribution is 2.13.